The molecule has 0 saturated carbocycles. The van der Waals surface area contributed by atoms with Gasteiger partial charge in [-0.2, -0.15) is 0 Å². The van der Waals surface area contributed by atoms with Gasteiger partial charge in [-0.1, -0.05) is 44.4 Å². The van der Waals surface area contributed by atoms with E-state index < -0.39 is 0 Å². The van der Waals surface area contributed by atoms with Crippen molar-refractivity contribution in [1.29, 1.82) is 0 Å². The summed E-state index contributed by atoms with van der Waals surface area (Å²) >= 11 is 1.43. The number of unbranched alkanes of at least 4 members (excludes halogenated alkanes) is 3. The smallest absolute Gasteiger partial charge is 0.230 e. The van der Waals surface area contributed by atoms with Crippen LogP contribution in [0.15, 0.2) is 29.7 Å². The van der Waals surface area contributed by atoms with Crippen LogP contribution in [0.3, 0.4) is 0 Å². The van der Waals surface area contributed by atoms with Gasteiger partial charge in [0.1, 0.15) is 0 Å². The zero-order chi connectivity index (χ0) is 18.8. The van der Waals surface area contributed by atoms with Crippen LogP contribution in [-0.4, -0.2) is 37.5 Å². The Morgan fingerprint density at radius 3 is 2.65 bits per heavy atom. The van der Waals surface area contributed by atoms with Gasteiger partial charge < -0.3 is 9.88 Å². The van der Waals surface area contributed by atoms with Crippen LogP contribution in [0.4, 0.5) is 0 Å². The maximum Gasteiger partial charge on any atom is 0.230 e. The molecule has 0 aliphatic rings. The minimum atomic E-state index is 0.0501. The van der Waals surface area contributed by atoms with E-state index in [1.54, 1.807) is 12.4 Å². The van der Waals surface area contributed by atoms with Crippen molar-refractivity contribution in [1.82, 2.24) is 25.1 Å². The minimum absolute atomic E-state index is 0.0501. The maximum atomic E-state index is 12.2. The van der Waals surface area contributed by atoms with Crippen LogP contribution in [0.1, 0.15) is 52.9 Å². The molecule has 26 heavy (non-hydrogen) atoms. The molecule has 0 bridgehead atoms. The molecule has 2 rings (SSSR count). The Balaban J connectivity index is 1.85. The van der Waals surface area contributed by atoms with Gasteiger partial charge >= 0.3 is 0 Å². The molecule has 6 nitrogen and oxygen atoms in total. The first-order valence-electron chi connectivity index (χ1n) is 9.41. The summed E-state index contributed by atoms with van der Waals surface area (Å²) in [6.45, 7) is 7.08. The van der Waals surface area contributed by atoms with Crippen molar-refractivity contribution in [2.24, 2.45) is 0 Å². The second-order valence-electron chi connectivity index (χ2n) is 6.39. The molecule has 0 aliphatic heterocycles. The van der Waals surface area contributed by atoms with E-state index in [1.165, 1.54) is 37.4 Å². The highest BCUT2D eigenvalue weighted by Gasteiger charge is 2.15. The third-order valence-corrected chi connectivity index (χ3v) is 5.17. The number of rotatable bonds is 11. The first-order valence-corrected chi connectivity index (χ1v) is 10.4. The quantitative estimate of drug-likeness (QED) is 0.476. The van der Waals surface area contributed by atoms with Crippen LogP contribution >= 0.6 is 11.8 Å². The Hall–Kier alpha value is -1.89. The van der Waals surface area contributed by atoms with Gasteiger partial charge in [0.25, 0.3) is 0 Å². The first-order chi connectivity index (χ1) is 12.7. The van der Waals surface area contributed by atoms with Crippen LogP contribution < -0.4 is 5.32 Å². The molecule has 0 saturated heterocycles. The minimum Gasteiger partial charge on any atom is -0.353 e. The van der Waals surface area contributed by atoms with Gasteiger partial charge in [-0.05, 0) is 32.4 Å². The predicted octanol–water partition coefficient (Wildman–Crippen LogP) is 3.93. The van der Waals surface area contributed by atoms with Crippen molar-refractivity contribution in [3.8, 4) is 11.4 Å². The Morgan fingerprint density at radius 1 is 1.19 bits per heavy atom. The summed E-state index contributed by atoms with van der Waals surface area (Å²) in [4.78, 5) is 16.2. The monoisotopic (exact) mass is 375 g/mol. The van der Waals surface area contributed by atoms with E-state index >= 15 is 0 Å². The summed E-state index contributed by atoms with van der Waals surface area (Å²) < 4.78 is 2.03. The summed E-state index contributed by atoms with van der Waals surface area (Å²) in [6.07, 6.45) is 9.43. The fourth-order valence-electron chi connectivity index (χ4n) is 2.79. The average molecular weight is 376 g/mol. The largest absolute Gasteiger partial charge is 0.353 e. The van der Waals surface area contributed by atoms with Crippen LogP contribution in [0.25, 0.3) is 11.4 Å². The van der Waals surface area contributed by atoms with Crippen molar-refractivity contribution in [2.75, 3.05) is 5.75 Å². The first kappa shape index (κ1) is 20.4. The van der Waals surface area contributed by atoms with Gasteiger partial charge in [0.05, 0.1) is 5.75 Å². The number of amides is 1. The van der Waals surface area contributed by atoms with E-state index in [0.29, 0.717) is 5.75 Å². The zero-order valence-electron chi connectivity index (χ0n) is 15.9. The second-order valence-corrected chi connectivity index (χ2v) is 7.34. The molecule has 1 amide bonds. The second kappa shape index (κ2) is 11.0. The lowest BCUT2D eigenvalue weighted by Crippen LogP contribution is -2.33. The fraction of sp³-hybridized carbons (Fsp3) is 0.579. The molecule has 0 spiro atoms. The lowest BCUT2D eigenvalue weighted by atomic mass is 10.1. The fourth-order valence-corrected chi connectivity index (χ4v) is 3.60. The number of aromatic nitrogens is 4. The van der Waals surface area contributed by atoms with Crippen molar-refractivity contribution < 1.29 is 4.79 Å². The number of nitrogens with one attached hydrogen (secondary N) is 1. The van der Waals surface area contributed by atoms with Crippen LogP contribution in [0.2, 0.25) is 0 Å². The molecule has 1 atom stereocenters. The van der Waals surface area contributed by atoms with Crippen LogP contribution in [0, 0.1) is 0 Å². The van der Waals surface area contributed by atoms with Gasteiger partial charge in [-0.25, -0.2) is 0 Å². The van der Waals surface area contributed by atoms with Gasteiger partial charge in [0.15, 0.2) is 11.0 Å². The summed E-state index contributed by atoms with van der Waals surface area (Å²) in [5, 5.41) is 12.4. The maximum absolute atomic E-state index is 12.2. The van der Waals surface area contributed by atoms with E-state index in [-0.39, 0.29) is 11.9 Å². The van der Waals surface area contributed by atoms with Gasteiger partial charge in [-0.3, -0.25) is 9.78 Å². The van der Waals surface area contributed by atoms with Crippen molar-refractivity contribution in [3.05, 3.63) is 24.5 Å². The third-order valence-electron chi connectivity index (χ3n) is 4.20. The number of pyridine rings is 1. The number of hydrogen-bond acceptors (Lipinski definition) is 5. The van der Waals surface area contributed by atoms with Crippen molar-refractivity contribution >= 4 is 17.7 Å². The van der Waals surface area contributed by atoms with Crippen molar-refractivity contribution in [3.63, 3.8) is 0 Å². The lowest BCUT2D eigenvalue weighted by molar-refractivity contribution is -0.119. The van der Waals surface area contributed by atoms with E-state index in [9.17, 15) is 4.79 Å². The van der Waals surface area contributed by atoms with Crippen LogP contribution in [0.5, 0.6) is 0 Å². The molecule has 0 unspecified atom stereocenters. The summed E-state index contributed by atoms with van der Waals surface area (Å²) in [5.74, 6) is 1.21. The van der Waals surface area contributed by atoms with Gasteiger partial charge in [-0.15, -0.1) is 10.2 Å². The number of carbonyl (C=O) groups is 1. The molecule has 0 radical (unpaired) electrons. The number of nitrogens with zero attached hydrogens (tertiary/aromatic N) is 4. The van der Waals surface area contributed by atoms with Gasteiger partial charge in [0.2, 0.25) is 5.91 Å². The average Bonchev–Trinajstić information content (AvgIpc) is 3.07. The molecule has 0 aliphatic carbocycles. The summed E-state index contributed by atoms with van der Waals surface area (Å²) in [5.41, 5.74) is 0.978. The normalized spacial score (nSPS) is 12.1. The predicted molar refractivity (Wildman–Crippen MR) is 106 cm³/mol. The number of thioether (sulfide) groups is 1. The molecule has 2 aromatic heterocycles. The molecule has 2 aromatic rings. The highest BCUT2D eigenvalue weighted by atomic mass is 32.2. The van der Waals surface area contributed by atoms with E-state index in [4.69, 9.17) is 0 Å². The topological polar surface area (TPSA) is 72.7 Å². The SMILES string of the molecule is CCCCCC[C@@H](C)NC(=O)CSc1nnc(-c2ccncc2)n1CC. The Kier molecular flexibility index (Phi) is 8.61. The standard InChI is InChI=1S/C19H29N5OS/c1-4-6-7-8-9-15(3)21-17(25)14-26-19-23-22-18(24(19)5-2)16-10-12-20-13-11-16/h10-13,15H,4-9,14H2,1-3H3,(H,21,25)/t15-/m1/s1. The number of hydrogen-bond donors (Lipinski definition) is 1. The van der Waals surface area contributed by atoms with E-state index in [2.05, 4.69) is 41.3 Å². The highest BCUT2D eigenvalue weighted by molar-refractivity contribution is 7.99. The Labute approximate surface area is 160 Å². The molecule has 1 N–H and O–H groups in total. The van der Waals surface area contributed by atoms with E-state index in [1.807, 2.05) is 16.7 Å². The molecular weight excluding hydrogens is 346 g/mol. The summed E-state index contributed by atoms with van der Waals surface area (Å²) in [7, 11) is 0. The molecule has 7 heteroatoms. The molecular formula is C19H29N5OS. The molecule has 142 valence electrons. The lowest BCUT2D eigenvalue weighted by Gasteiger charge is -2.13. The zero-order valence-corrected chi connectivity index (χ0v) is 16.8. The van der Waals surface area contributed by atoms with Crippen molar-refractivity contribution in [2.45, 2.75) is 70.6 Å². The van der Waals surface area contributed by atoms with Crippen LogP contribution in [-0.2, 0) is 11.3 Å². The Morgan fingerprint density at radius 2 is 1.96 bits per heavy atom. The molecule has 0 fully saturated rings. The Bertz CT molecular complexity index is 674. The van der Waals surface area contributed by atoms with Gasteiger partial charge in [0, 0.05) is 30.5 Å². The molecule has 0 aromatic carbocycles. The van der Waals surface area contributed by atoms with E-state index in [0.717, 1.165) is 29.5 Å². The third kappa shape index (κ3) is 6.12. The highest BCUT2D eigenvalue weighted by Crippen LogP contribution is 2.23. The molecule has 2 heterocycles. The summed E-state index contributed by atoms with van der Waals surface area (Å²) in [6, 6.07) is 4.05. The number of carbonyl (C=O) groups excluding carboxylic acids is 1.